The second-order valence-corrected chi connectivity index (χ2v) is 5.66. The van der Waals surface area contributed by atoms with Crippen molar-refractivity contribution >= 4 is 47.4 Å². The maximum atomic E-state index is 11.4. The van der Waals surface area contributed by atoms with E-state index < -0.39 is 0 Å². The predicted octanol–water partition coefficient (Wildman–Crippen LogP) is 2.59. The molecule has 1 aliphatic rings. The van der Waals surface area contributed by atoms with Crippen molar-refractivity contribution in [1.82, 2.24) is 15.1 Å². The lowest BCUT2D eigenvalue weighted by Crippen LogP contribution is -2.53. The highest BCUT2D eigenvalue weighted by atomic mass is 127. The van der Waals surface area contributed by atoms with Crippen LogP contribution in [0.5, 0.6) is 0 Å². The van der Waals surface area contributed by atoms with Gasteiger partial charge in [0.2, 0.25) is 5.91 Å². The monoisotopic (exact) mass is 450 g/mol. The Morgan fingerprint density at radius 3 is 2.39 bits per heavy atom. The molecule has 0 aromatic heterocycles. The highest BCUT2D eigenvalue weighted by Crippen LogP contribution is 2.16. The van der Waals surface area contributed by atoms with E-state index in [4.69, 9.17) is 11.6 Å². The van der Waals surface area contributed by atoms with E-state index in [1.165, 1.54) is 0 Å². The zero-order chi connectivity index (χ0) is 15.9. The number of guanidine groups is 1. The van der Waals surface area contributed by atoms with Gasteiger partial charge in [0.15, 0.2) is 5.96 Å². The van der Waals surface area contributed by atoms with E-state index in [1.807, 2.05) is 29.2 Å². The quantitative estimate of drug-likeness (QED) is 0.437. The zero-order valence-corrected chi connectivity index (χ0v) is 16.7. The highest BCUT2D eigenvalue weighted by Gasteiger charge is 2.20. The predicted molar refractivity (Wildman–Crippen MR) is 106 cm³/mol. The summed E-state index contributed by atoms with van der Waals surface area (Å²) in [4.78, 5) is 20.1. The van der Waals surface area contributed by atoms with Gasteiger partial charge in [-0.3, -0.25) is 4.79 Å². The van der Waals surface area contributed by atoms with Crippen LogP contribution in [0.2, 0.25) is 5.02 Å². The number of amides is 1. The summed E-state index contributed by atoms with van der Waals surface area (Å²) in [6.45, 7) is 8.12. The first-order valence-corrected chi connectivity index (χ1v) is 8.01. The molecule has 23 heavy (non-hydrogen) atoms. The number of hydrogen-bond donors (Lipinski definition) is 1. The summed E-state index contributed by atoms with van der Waals surface area (Å²) in [5, 5.41) is 4.05. The molecule has 0 spiro atoms. The summed E-state index contributed by atoms with van der Waals surface area (Å²) in [6.07, 6.45) is 0. The topological polar surface area (TPSA) is 47.9 Å². The molecule has 1 aromatic rings. The number of carbonyl (C=O) groups excluding carboxylic acids is 1. The van der Waals surface area contributed by atoms with E-state index in [0.717, 1.165) is 49.3 Å². The maximum Gasteiger partial charge on any atom is 0.219 e. The van der Waals surface area contributed by atoms with Crippen molar-refractivity contribution in [3.8, 4) is 0 Å². The number of nitrogens with one attached hydrogen (secondary N) is 1. The number of carbonyl (C=O) groups is 1. The summed E-state index contributed by atoms with van der Waals surface area (Å²) >= 11 is 6.18. The smallest absolute Gasteiger partial charge is 0.219 e. The lowest BCUT2D eigenvalue weighted by atomic mass is 10.2. The summed E-state index contributed by atoms with van der Waals surface area (Å²) in [5.74, 6) is 1.02. The molecule has 2 rings (SSSR count). The van der Waals surface area contributed by atoms with Crippen molar-refractivity contribution in [2.45, 2.75) is 20.4 Å². The van der Waals surface area contributed by atoms with Crippen LogP contribution in [0, 0.1) is 0 Å². The lowest BCUT2D eigenvalue weighted by Gasteiger charge is -2.36. The molecule has 1 heterocycles. The highest BCUT2D eigenvalue weighted by molar-refractivity contribution is 14.0. The number of piperazine rings is 1. The van der Waals surface area contributed by atoms with Crippen molar-refractivity contribution in [1.29, 1.82) is 0 Å². The molecule has 0 aliphatic carbocycles. The van der Waals surface area contributed by atoms with Crippen molar-refractivity contribution in [3.05, 3.63) is 34.9 Å². The van der Waals surface area contributed by atoms with Gasteiger partial charge in [0.05, 0.1) is 6.54 Å². The Hall–Kier alpha value is -1.02. The Kier molecular flexibility index (Phi) is 8.68. The minimum absolute atomic E-state index is 0. The van der Waals surface area contributed by atoms with Gasteiger partial charge >= 0.3 is 0 Å². The zero-order valence-electron chi connectivity index (χ0n) is 13.6. The summed E-state index contributed by atoms with van der Waals surface area (Å²) in [6, 6.07) is 7.76. The Morgan fingerprint density at radius 2 is 1.83 bits per heavy atom. The molecule has 7 heteroatoms. The van der Waals surface area contributed by atoms with Gasteiger partial charge in [-0.25, -0.2) is 4.99 Å². The van der Waals surface area contributed by atoms with Crippen LogP contribution in [0.3, 0.4) is 0 Å². The van der Waals surface area contributed by atoms with Gasteiger partial charge < -0.3 is 15.1 Å². The average Bonchev–Trinajstić information content (AvgIpc) is 2.53. The molecule has 0 bridgehead atoms. The minimum Gasteiger partial charge on any atom is -0.357 e. The molecule has 1 aromatic carbocycles. The van der Waals surface area contributed by atoms with Crippen molar-refractivity contribution < 1.29 is 4.79 Å². The molecule has 128 valence electrons. The van der Waals surface area contributed by atoms with Gasteiger partial charge in [0.1, 0.15) is 0 Å². The SMILES string of the molecule is CCNC(=NCc1ccccc1Cl)N1CCN(C(C)=O)CC1.I. The molecule has 0 unspecified atom stereocenters. The molecule has 0 atom stereocenters. The van der Waals surface area contributed by atoms with E-state index in [-0.39, 0.29) is 29.9 Å². The summed E-state index contributed by atoms with van der Waals surface area (Å²) in [7, 11) is 0. The van der Waals surface area contributed by atoms with Crippen molar-refractivity contribution in [2.24, 2.45) is 4.99 Å². The Balaban J connectivity index is 0.00000264. The first-order valence-electron chi connectivity index (χ1n) is 7.64. The standard InChI is InChI=1S/C16H23ClN4O.HI/c1-3-18-16(19-12-14-6-4-5-7-15(14)17)21-10-8-20(9-11-21)13(2)22;/h4-7H,3,8-12H2,1-2H3,(H,18,19);1H. The number of rotatable bonds is 3. The molecular formula is C16H24ClIN4O. The fourth-order valence-corrected chi connectivity index (χ4v) is 2.64. The molecule has 1 N–H and O–H groups in total. The molecule has 0 radical (unpaired) electrons. The van der Waals surface area contributed by atoms with Crippen LogP contribution in [0.15, 0.2) is 29.3 Å². The average molecular weight is 451 g/mol. The molecular weight excluding hydrogens is 427 g/mol. The van der Waals surface area contributed by atoms with Crippen LogP contribution in [0.1, 0.15) is 19.4 Å². The van der Waals surface area contributed by atoms with E-state index in [0.29, 0.717) is 6.54 Å². The first kappa shape index (κ1) is 20.0. The molecule has 1 amide bonds. The van der Waals surface area contributed by atoms with Gasteiger partial charge in [0, 0.05) is 44.7 Å². The second kappa shape index (κ2) is 9.97. The van der Waals surface area contributed by atoms with E-state index in [2.05, 4.69) is 22.1 Å². The number of benzene rings is 1. The van der Waals surface area contributed by atoms with E-state index >= 15 is 0 Å². The van der Waals surface area contributed by atoms with E-state index in [9.17, 15) is 4.79 Å². The van der Waals surface area contributed by atoms with Gasteiger partial charge in [-0.15, -0.1) is 24.0 Å². The number of nitrogens with zero attached hydrogens (tertiary/aromatic N) is 3. The van der Waals surface area contributed by atoms with Crippen molar-refractivity contribution in [2.75, 3.05) is 32.7 Å². The third kappa shape index (κ3) is 5.84. The number of halogens is 2. The van der Waals surface area contributed by atoms with Crippen molar-refractivity contribution in [3.63, 3.8) is 0 Å². The minimum atomic E-state index is 0. The number of aliphatic imine (C=N–C) groups is 1. The second-order valence-electron chi connectivity index (χ2n) is 5.25. The van der Waals surface area contributed by atoms with Crippen LogP contribution in [-0.4, -0.2) is 54.4 Å². The molecule has 0 saturated carbocycles. The lowest BCUT2D eigenvalue weighted by molar-refractivity contribution is -0.130. The van der Waals surface area contributed by atoms with E-state index in [1.54, 1.807) is 6.92 Å². The van der Waals surface area contributed by atoms with Crippen LogP contribution in [-0.2, 0) is 11.3 Å². The first-order chi connectivity index (χ1) is 10.6. The van der Waals surface area contributed by atoms with Crippen LogP contribution >= 0.6 is 35.6 Å². The third-order valence-corrected chi connectivity index (χ3v) is 4.09. The van der Waals surface area contributed by atoms with Gasteiger partial charge in [-0.05, 0) is 18.6 Å². The Bertz CT molecular complexity index is 545. The summed E-state index contributed by atoms with van der Waals surface area (Å²) < 4.78 is 0. The Morgan fingerprint density at radius 1 is 1.22 bits per heavy atom. The van der Waals surface area contributed by atoms with Gasteiger partial charge in [-0.1, -0.05) is 29.8 Å². The summed E-state index contributed by atoms with van der Waals surface area (Å²) in [5.41, 5.74) is 1.02. The molecule has 1 fully saturated rings. The molecule has 5 nitrogen and oxygen atoms in total. The number of hydrogen-bond acceptors (Lipinski definition) is 2. The van der Waals surface area contributed by atoms with Crippen LogP contribution in [0.25, 0.3) is 0 Å². The molecule has 1 aliphatic heterocycles. The van der Waals surface area contributed by atoms with Gasteiger partial charge in [0.25, 0.3) is 0 Å². The fraction of sp³-hybridized carbons (Fsp3) is 0.500. The van der Waals surface area contributed by atoms with Gasteiger partial charge in [-0.2, -0.15) is 0 Å². The normalized spacial score (nSPS) is 15.2. The van der Waals surface area contributed by atoms with Crippen LogP contribution < -0.4 is 5.32 Å². The fourth-order valence-electron chi connectivity index (χ4n) is 2.45. The largest absolute Gasteiger partial charge is 0.357 e. The van der Waals surface area contributed by atoms with Crippen LogP contribution in [0.4, 0.5) is 0 Å². The maximum absolute atomic E-state index is 11.4. The third-order valence-electron chi connectivity index (χ3n) is 3.72. The Labute approximate surface area is 160 Å². The molecule has 1 saturated heterocycles.